The first-order valence-corrected chi connectivity index (χ1v) is 12.6. The van der Waals surface area contributed by atoms with Crippen molar-refractivity contribution in [1.82, 2.24) is 0 Å². The first-order chi connectivity index (χ1) is 18.4. The smallest absolute Gasteiger partial charge is 0.240 e. The van der Waals surface area contributed by atoms with Gasteiger partial charge >= 0.3 is 0 Å². The number of imide groups is 1. The van der Waals surface area contributed by atoms with Crippen LogP contribution in [0.5, 0.6) is 11.5 Å². The molecule has 0 aliphatic carbocycles. The van der Waals surface area contributed by atoms with Crippen molar-refractivity contribution in [2.24, 2.45) is 11.8 Å². The maximum Gasteiger partial charge on any atom is 0.240 e. The molecule has 3 aliphatic heterocycles. The Bertz CT molecular complexity index is 1540. The van der Waals surface area contributed by atoms with Gasteiger partial charge in [-0.3, -0.25) is 14.4 Å². The van der Waals surface area contributed by atoms with E-state index >= 15 is 0 Å². The number of amides is 2. The molecule has 4 unspecified atom stereocenters. The number of nitriles is 1. The number of fused-ring (bicyclic) bond motifs is 6. The molecule has 3 aliphatic rings. The van der Waals surface area contributed by atoms with Crippen molar-refractivity contribution in [2.75, 3.05) is 18.6 Å². The molecule has 192 valence electrons. The van der Waals surface area contributed by atoms with Crippen molar-refractivity contribution in [3.8, 4) is 17.6 Å². The van der Waals surface area contributed by atoms with Crippen molar-refractivity contribution in [3.05, 3.63) is 65.7 Å². The van der Waals surface area contributed by atoms with Crippen molar-refractivity contribution < 1.29 is 28.6 Å². The third kappa shape index (κ3) is 3.35. The van der Waals surface area contributed by atoms with Crippen molar-refractivity contribution in [3.63, 3.8) is 0 Å². The highest BCUT2D eigenvalue weighted by atomic mass is 16.5. The largest absolute Gasteiger partial charge is 0.493 e. The van der Waals surface area contributed by atoms with Gasteiger partial charge in [-0.15, -0.1) is 0 Å². The first-order valence-electron chi connectivity index (χ1n) is 12.6. The molecular weight excluding hydrogens is 484 g/mol. The molecule has 3 saturated heterocycles. The lowest BCUT2D eigenvalue weighted by Crippen LogP contribution is -2.43. The van der Waals surface area contributed by atoms with Crippen molar-refractivity contribution in [1.29, 1.82) is 5.26 Å². The van der Waals surface area contributed by atoms with Gasteiger partial charge in [-0.2, -0.15) is 5.26 Å². The lowest BCUT2D eigenvalue weighted by atomic mass is 9.67. The summed E-state index contributed by atoms with van der Waals surface area (Å²) in [4.78, 5) is 40.3. The molecular formula is C30H26N2O6. The summed E-state index contributed by atoms with van der Waals surface area (Å²) in [6.07, 6.45) is 2.48. The minimum atomic E-state index is -0.820. The lowest BCUT2D eigenvalue weighted by molar-refractivity contribution is -0.131. The van der Waals surface area contributed by atoms with Gasteiger partial charge in [0.05, 0.1) is 54.1 Å². The van der Waals surface area contributed by atoms with Crippen molar-refractivity contribution >= 4 is 34.6 Å². The maximum absolute atomic E-state index is 14.0. The summed E-state index contributed by atoms with van der Waals surface area (Å²) in [5.41, 5.74) is -0.0913. The summed E-state index contributed by atoms with van der Waals surface area (Å²) < 4.78 is 17.9. The van der Waals surface area contributed by atoms with E-state index < -0.39 is 23.0 Å². The number of methoxy groups -OCH3 is 1. The van der Waals surface area contributed by atoms with Crippen LogP contribution in [-0.2, 0) is 14.3 Å². The number of ether oxygens (including phenoxy) is 3. The van der Waals surface area contributed by atoms with Crippen LogP contribution in [-0.4, -0.2) is 43.0 Å². The Morgan fingerprint density at radius 2 is 1.82 bits per heavy atom. The third-order valence-corrected chi connectivity index (χ3v) is 8.38. The molecule has 3 aromatic rings. The molecule has 0 saturated carbocycles. The van der Waals surface area contributed by atoms with Gasteiger partial charge in [0, 0.05) is 22.8 Å². The summed E-state index contributed by atoms with van der Waals surface area (Å²) in [6, 6.07) is 17.8. The second-order valence-corrected chi connectivity index (χ2v) is 10.4. The Hall–Kier alpha value is -4.22. The fraction of sp³-hybridized carbons (Fsp3) is 0.333. The Balaban J connectivity index is 1.31. The van der Waals surface area contributed by atoms with Gasteiger partial charge < -0.3 is 14.2 Å². The molecule has 8 heteroatoms. The molecule has 0 aromatic heterocycles. The minimum absolute atomic E-state index is 0.247. The summed E-state index contributed by atoms with van der Waals surface area (Å²) in [7, 11) is 1.51. The quantitative estimate of drug-likeness (QED) is 0.342. The molecule has 0 radical (unpaired) electrons. The van der Waals surface area contributed by atoms with E-state index in [1.54, 1.807) is 30.3 Å². The Kier molecular flexibility index (Phi) is 5.51. The zero-order chi connectivity index (χ0) is 26.7. The standard InChI is InChI=1S/C30H26N2O6/c1-29-11-12-30(38-29,13-14-37-23-10-7-18(17-33)15-24(23)36-2)26-25(29)27(34)32(28(26)35)22-9-8-19(16-31)20-5-3-4-6-21(20)22/h3-10,15,17,25-26H,11-14H2,1-2H3. The van der Waals surface area contributed by atoms with Gasteiger partial charge in [0.25, 0.3) is 0 Å². The Morgan fingerprint density at radius 1 is 1.05 bits per heavy atom. The van der Waals surface area contributed by atoms with Gasteiger partial charge in [-0.1, -0.05) is 24.3 Å². The van der Waals surface area contributed by atoms with Crippen LogP contribution in [0.15, 0.2) is 54.6 Å². The topological polar surface area (TPSA) is 106 Å². The van der Waals surface area contributed by atoms with Gasteiger partial charge in [-0.05, 0) is 50.1 Å². The lowest BCUT2D eigenvalue weighted by Gasteiger charge is -2.31. The highest BCUT2D eigenvalue weighted by molar-refractivity contribution is 6.26. The molecule has 4 atom stereocenters. The molecule has 0 N–H and O–H groups in total. The summed E-state index contributed by atoms with van der Waals surface area (Å²) in [5, 5.41) is 10.9. The molecule has 3 aromatic carbocycles. The van der Waals surface area contributed by atoms with Crippen LogP contribution >= 0.6 is 0 Å². The molecule has 2 bridgehead atoms. The van der Waals surface area contributed by atoms with E-state index in [4.69, 9.17) is 14.2 Å². The van der Waals surface area contributed by atoms with Gasteiger partial charge in [0.15, 0.2) is 11.5 Å². The molecule has 2 amide bonds. The zero-order valence-electron chi connectivity index (χ0n) is 21.1. The van der Waals surface area contributed by atoms with Gasteiger partial charge in [0.1, 0.15) is 6.29 Å². The number of rotatable bonds is 7. The second-order valence-electron chi connectivity index (χ2n) is 10.4. The number of benzene rings is 3. The fourth-order valence-electron chi connectivity index (χ4n) is 6.63. The highest BCUT2D eigenvalue weighted by Gasteiger charge is 2.73. The fourth-order valence-corrected chi connectivity index (χ4v) is 6.63. The van der Waals surface area contributed by atoms with Gasteiger partial charge in [-0.25, -0.2) is 4.90 Å². The van der Waals surface area contributed by atoms with Crippen LogP contribution in [0, 0.1) is 23.2 Å². The minimum Gasteiger partial charge on any atom is -0.493 e. The molecule has 0 spiro atoms. The molecule has 3 fully saturated rings. The van der Waals surface area contributed by atoms with Crippen LogP contribution in [0.3, 0.4) is 0 Å². The van der Waals surface area contributed by atoms with E-state index in [-0.39, 0.29) is 18.4 Å². The second kappa shape index (κ2) is 8.67. The van der Waals surface area contributed by atoms with Crippen molar-refractivity contribution in [2.45, 2.75) is 37.4 Å². The number of hydrogen-bond acceptors (Lipinski definition) is 7. The van der Waals surface area contributed by atoms with Gasteiger partial charge in [0.2, 0.25) is 11.8 Å². The molecule has 3 heterocycles. The summed E-state index contributed by atoms with van der Waals surface area (Å²) >= 11 is 0. The number of carbonyl (C=O) groups is 3. The van der Waals surface area contributed by atoms with E-state index in [9.17, 15) is 19.6 Å². The number of carbonyl (C=O) groups excluding carboxylic acids is 3. The molecule has 8 nitrogen and oxygen atoms in total. The van der Waals surface area contributed by atoms with E-state index in [1.165, 1.54) is 12.0 Å². The van der Waals surface area contributed by atoms with Crippen LogP contribution in [0.4, 0.5) is 5.69 Å². The van der Waals surface area contributed by atoms with E-state index in [0.29, 0.717) is 58.3 Å². The first kappa shape index (κ1) is 24.1. The highest BCUT2D eigenvalue weighted by Crippen LogP contribution is 2.62. The van der Waals surface area contributed by atoms with E-state index in [0.717, 1.165) is 6.29 Å². The Labute approximate surface area is 219 Å². The summed E-state index contributed by atoms with van der Waals surface area (Å²) in [5.74, 6) is -0.799. The zero-order valence-corrected chi connectivity index (χ0v) is 21.1. The van der Waals surface area contributed by atoms with Crippen LogP contribution in [0.2, 0.25) is 0 Å². The number of anilines is 1. The van der Waals surface area contributed by atoms with Crippen LogP contribution in [0.1, 0.15) is 42.1 Å². The maximum atomic E-state index is 14.0. The van der Waals surface area contributed by atoms with Crippen LogP contribution in [0.25, 0.3) is 10.8 Å². The normalized spacial score (nSPS) is 27.4. The number of nitrogens with zero attached hydrogens (tertiary/aromatic N) is 2. The monoisotopic (exact) mass is 510 g/mol. The number of hydrogen-bond donors (Lipinski definition) is 0. The third-order valence-electron chi connectivity index (χ3n) is 8.38. The number of aldehydes is 1. The average Bonchev–Trinajstić information content (AvgIpc) is 3.52. The Morgan fingerprint density at radius 3 is 2.55 bits per heavy atom. The average molecular weight is 511 g/mol. The predicted octanol–water partition coefficient (Wildman–Crippen LogP) is 4.43. The summed E-state index contributed by atoms with van der Waals surface area (Å²) in [6.45, 7) is 2.17. The predicted molar refractivity (Wildman–Crippen MR) is 138 cm³/mol. The molecule has 6 rings (SSSR count). The van der Waals surface area contributed by atoms with Crippen LogP contribution < -0.4 is 14.4 Å². The SMILES string of the molecule is COc1cc(C=O)ccc1OCCC12CCC(C)(O1)C1C(=O)N(c3ccc(C#N)c4ccccc34)C(=O)C12. The molecule has 38 heavy (non-hydrogen) atoms. The van der Waals surface area contributed by atoms with E-state index in [2.05, 4.69) is 6.07 Å². The van der Waals surface area contributed by atoms with E-state index in [1.807, 2.05) is 31.2 Å².